The standard InChI is InChI=1S/C8H11NO2S/c1-6-4-2-3-5-12-7(6)8(10)9-11/h3,5,11H,2,4H2,1H3,(H,9,10). The summed E-state index contributed by atoms with van der Waals surface area (Å²) in [5, 5.41) is 10.3. The number of rotatable bonds is 1. The quantitative estimate of drug-likeness (QED) is 0.484. The van der Waals surface area contributed by atoms with Crippen molar-refractivity contribution in [1.82, 2.24) is 5.48 Å². The molecule has 12 heavy (non-hydrogen) atoms. The molecular weight excluding hydrogens is 174 g/mol. The van der Waals surface area contributed by atoms with Crippen molar-refractivity contribution < 1.29 is 10.0 Å². The Morgan fingerprint density at radius 2 is 2.50 bits per heavy atom. The van der Waals surface area contributed by atoms with Crippen molar-refractivity contribution in [2.45, 2.75) is 19.8 Å². The maximum Gasteiger partial charge on any atom is 0.281 e. The van der Waals surface area contributed by atoms with Crippen LogP contribution in [0.3, 0.4) is 0 Å². The van der Waals surface area contributed by atoms with Gasteiger partial charge in [-0.05, 0) is 25.2 Å². The normalized spacial score (nSPS) is 17.5. The molecule has 3 nitrogen and oxygen atoms in total. The van der Waals surface area contributed by atoms with E-state index in [9.17, 15) is 4.79 Å². The third kappa shape index (κ3) is 2.12. The van der Waals surface area contributed by atoms with E-state index in [1.807, 2.05) is 18.4 Å². The van der Waals surface area contributed by atoms with Gasteiger partial charge in [-0.15, -0.1) is 0 Å². The average Bonchev–Trinajstić information content (AvgIpc) is 2.28. The summed E-state index contributed by atoms with van der Waals surface area (Å²) in [5.74, 6) is -0.413. The highest BCUT2D eigenvalue weighted by molar-refractivity contribution is 8.06. The van der Waals surface area contributed by atoms with Gasteiger partial charge in [-0.1, -0.05) is 23.4 Å². The summed E-state index contributed by atoms with van der Waals surface area (Å²) < 4.78 is 0. The number of hydrogen-bond donors (Lipinski definition) is 2. The first kappa shape index (κ1) is 9.35. The molecule has 0 saturated heterocycles. The van der Waals surface area contributed by atoms with E-state index in [0.29, 0.717) is 4.91 Å². The number of hydroxylamine groups is 1. The van der Waals surface area contributed by atoms with Gasteiger partial charge >= 0.3 is 0 Å². The number of carbonyl (C=O) groups excluding carboxylic acids is 1. The highest BCUT2D eigenvalue weighted by Gasteiger charge is 2.12. The summed E-state index contributed by atoms with van der Waals surface area (Å²) in [6, 6.07) is 0. The molecule has 0 saturated carbocycles. The Labute approximate surface area is 75.5 Å². The Balaban J connectivity index is 2.82. The first-order chi connectivity index (χ1) is 5.75. The predicted molar refractivity (Wildman–Crippen MR) is 48.6 cm³/mol. The lowest BCUT2D eigenvalue weighted by Gasteiger charge is -2.04. The van der Waals surface area contributed by atoms with Crippen molar-refractivity contribution in [3.63, 3.8) is 0 Å². The summed E-state index contributed by atoms with van der Waals surface area (Å²) in [6.07, 6.45) is 3.86. The molecule has 0 radical (unpaired) electrons. The van der Waals surface area contributed by atoms with E-state index in [4.69, 9.17) is 5.21 Å². The van der Waals surface area contributed by atoms with Gasteiger partial charge in [0.1, 0.15) is 0 Å². The smallest absolute Gasteiger partial charge is 0.281 e. The van der Waals surface area contributed by atoms with Crippen LogP contribution in [0, 0.1) is 0 Å². The molecule has 0 aromatic rings. The van der Waals surface area contributed by atoms with Crippen molar-refractivity contribution in [3.05, 3.63) is 22.0 Å². The molecule has 4 heteroatoms. The highest BCUT2D eigenvalue weighted by Crippen LogP contribution is 2.27. The Morgan fingerprint density at radius 3 is 3.17 bits per heavy atom. The third-order valence-electron chi connectivity index (χ3n) is 1.66. The van der Waals surface area contributed by atoms with Crippen LogP contribution in [0.4, 0.5) is 0 Å². The molecule has 0 atom stereocenters. The minimum atomic E-state index is -0.413. The molecule has 1 amide bonds. The molecule has 2 N–H and O–H groups in total. The summed E-state index contributed by atoms with van der Waals surface area (Å²) in [7, 11) is 0. The van der Waals surface area contributed by atoms with E-state index in [-0.39, 0.29) is 0 Å². The molecule has 0 aliphatic carbocycles. The zero-order chi connectivity index (χ0) is 8.97. The molecule has 1 aliphatic rings. The van der Waals surface area contributed by atoms with Crippen LogP contribution in [-0.4, -0.2) is 11.1 Å². The Morgan fingerprint density at radius 1 is 1.75 bits per heavy atom. The fraction of sp³-hybridized carbons (Fsp3) is 0.375. The molecule has 1 aliphatic heterocycles. The zero-order valence-electron chi connectivity index (χ0n) is 6.83. The van der Waals surface area contributed by atoms with Crippen LogP contribution in [-0.2, 0) is 4.79 Å². The summed E-state index contributed by atoms with van der Waals surface area (Å²) >= 11 is 1.35. The fourth-order valence-corrected chi connectivity index (χ4v) is 1.82. The number of carbonyl (C=O) groups is 1. The molecule has 0 unspecified atom stereocenters. The molecule has 1 rings (SSSR count). The van der Waals surface area contributed by atoms with Crippen LogP contribution in [0.25, 0.3) is 0 Å². The lowest BCUT2D eigenvalue weighted by molar-refractivity contribution is -0.124. The molecule has 0 spiro atoms. The van der Waals surface area contributed by atoms with Crippen molar-refractivity contribution in [3.8, 4) is 0 Å². The van der Waals surface area contributed by atoms with Crippen LogP contribution in [0.1, 0.15) is 19.8 Å². The van der Waals surface area contributed by atoms with E-state index in [0.717, 1.165) is 18.4 Å². The summed E-state index contributed by atoms with van der Waals surface area (Å²) in [4.78, 5) is 11.7. The average molecular weight is 185 g/mol. The van der Waals surface area contributed by atoms with Crippen molar-refractivity contribution in [1.29, 1.82) is 0 Å². The van der Waals surface area contributed by atoms with Crippen molar-refractivity contribution in [2.75, 3.05) is 0 Å². The van der Waals surface area contributed by atoms with Gasteiger partial charge in [0.15, 0.2) is 0 Å². The molecule has 0 fully saturated rings. The maximum atomic E-state index is 11.1. The number of thioether (sulfide) groups is 1. The van der Waals surface area contributed by atoms with Crippen LogP contribution in [0.2, 0.25) is 0 Å². The number of amides is 1. The van der Waals surface area contributed by atoms with Gasteiger partial charge in [-0.2, -0.15) is 0 Å². The largest absolute Gasteiger partial charge is 0.288 e. The molecular formula is C8H11NO2S. The lowest BCUT2D eigenvalue weighted by atomic mass is 10.1. The fourth-order valence-electron chi connectivity index (χ4n) is 0.996. The second kappa shape index (κ2) is 4.33. The van der Waals surface area contributed by atoms with E-state index in [2.05, 4.69) is 0 Å². The van der Waals surface area contributed by atoms with E-state index in [1.54, 1.807) is 5.48 Å². The Bertz CT molecular complexity index is 245. The highest BCUT2D eigenvalue weighted by atomic mass is 32.2. The molecule has 0 aromatic carbocycles. The zero-order valence-corrected chi connectivity index (χ0v) is 7.65. The SMILES string of the molecule is CC1=C(C(=O)NO)SC=CCC1. The number of nitrogens with one attached hydrogen (secondary N) is 1. The van der Waals surface area contributed by atoms with Crippen LogP contribution < -0.4 is 5.48 Å². The van der Waals surface area contributed by atoms with Gasteiger partial charge in [-0.3, -0.25) is 10.0 Å². The van der Waals surface area contributed by atoms with Crippen LogP contribution in [0.5, 0.6) is 0 Å². The van der Waals surface area contributed by atoms with Gasteiger partial charge in [0.25, 0.3) is 5.91 Å². The van der Waals surface area contributed by atoms with Gasteiger partial charge in [0.05, 0.1) is 4.91 Å². The summed E-state index contributed by atoms with van der Waals surface area (Å²) in [6.45, 7) is 1.91. The van der Waals surface area contributed by atoms with Gasteiger partial charge in [0, 0.05) is 0 Å². The van der Waals surface area contributed by atoms with Gasteiger partial charge in [-0.25, -0.2) is 5.48 Å². The van der Waals surface area contributed by atoms with Crippen molar-refractivity contribution in [2.24, 2.45) is 0 Å². The summed E-state index contributed by atoms with van der Waals surface area (Å²) in [5.41, 5.74) is 2.67. The third-order valence-corrected chi connectivity index (χ3v) is 2.76. The maximum absolute atomic E-state index is 11.1. The monoisotopic (exact) mass is 185 g/mol. The van der Waals surface area contributed by atoms with Crippen molar-refractivity contribution >= 4 is 17.7 Å². The first-order valence-electron chi connectivity index (χ1n) is 3.71. The molecule has 1 heterocycles. The minimum Gasteiger partial charge on any atom is -0.288 e. The topological polar surface area (TPSA) is 49.3 Å². The molecule has 0 bridgehead atoms. The number of allylic oxidation sites excluding steroid dienone is 2. The Kier molecular flexibility index (Phi) is 3.37. The van der Waals surface area contributed by atoms with Crippen LogP contribution >= 0.6 is 11.8 Å². The Hall–Kier alpha value is -0.740. The molecule has 0 aromatic heterocycles. The van der Waals surface area contributed by atoms with E-state index in [1.165, 1.54) is 11.8 Å². The second-order valence-corrected chi connectivity index (χ2v) is 3.49. The first-order valence-corrected chi connectivity index (χ1v) is 4.59. The van der Waals surface area contributed by atoms with Crippen LogP contribution in [0.15, 0.2) is 22.0 Å². The number of hydrogen-bond acceptors (Lipinski definition) is 3. The second-order valence-electron chi connectivity index (χ2n) is 2.58. The van der Waals surface area contributed by atoms with Gasteiger partial charge in [0.2, 0.25) is 0 Å². The van der Waals surface area contributed by atoms with Gasteiger partial charge < -0.3 is 0 Å². The van der Waals surface area contributed by atoms with E-state index < -0.39 is 5.91 Å². The lowest BCUT2D eigenvalue weighted by Crippen LogP contribution is -2.19. The minimum absolute atomic E-state index is 0.413. The van der Waals surface area contributed by atoms with E-state index >= 15 is 0 Å². The predicted octanol–water partition coefficient (Wildman–Crippen LogP) is 1.81. The molecule has 66 valence electrons.